The first-order valence-corrected chi connectivity index (χ1v) is 13.5. The molecule has 3 aromatic rings. The Balaban J connectivity index is 1.66. The van der Waals surface area contributed by atoms with Crippen molar-refractivity contribution in [3.63, 3.8) is 0 Å². The molecule has 0 spiro atoms. The van der Waals surface area contributed by atoms with E-state index in [4.69, 9.17) is 39.5 Å². The van der Waals surface area contributed by atoms with Crippen molar-refractivity contribution in [3.8, 4) is 0 Å². The van der Waals surface area contributed by atoms with Crippen LogP contribution in [0.5, 0.6) is 0 Å². The van der Waals surface area contributed by atoms with Gasteiger partial charge in [-0.2, -0.15) is 0 Å². The first kappa shape index (κ1) is 28.6. The monoisotopic (exact) mass is 602 g/mol. The van der Waals surface area contributed by atoms with Gasteiger partial charge < -0.3 is 15.2 Å². The second-order valence-electron chi connectivity index (χ2n) is 8.14. The molecule has 0 saturated carbocycles. The highest BCUT2D eigenvalue weighted by atomic mass is 35.5. The summed E-state index contributed by atoms with van der Waals surface area (Å²) in [4.78, 5) is 39.6. The molecule has 1 aliphatic rings. The summed E-state index contributed by atoms with van der Waals surface area (Å²) in [5.41, 5.74) is 1.50. The number of ether oxygens (including phenoxy) is 1. The fraction of sp³-hybridized carbons (Fsp3) is 0.107. The van der Waals surface area contributed by atoms with E-state index in [-0.39, 0.29) is 17.3 Å². The molecular weight excluding hydrogens is 583 g/mol. The number of benzene rings is 3. The van der Waals surface area contributed by atoms with Crippen molar-refractivity contribution in [2.24, 2.45) is 0 Å². The van der Waals surface area contributed by atoms with Gasteiger partial charge in [-0.05, 0) is 61.0 Å². The number of aliphatic hydroxyl groups excluding tert-OH is 1. The summed E-state index contributed by atoms with van der Waals surface area (Å²) in [7, 11) is 0. The van der Waals surface area contributed by atoms with Gasteiger partial charge in [-0.15, -0.1) is 0 Å². The minimum Gasteiger partial charge on any atom is -0.502 e. The molecule has 1 unspecified atom stereocenters. The summed E-state index contributed by atoms with van der Waals surface area (Å²) in [6.07, 6.45) is 2.05. The van der Waals surface area contributed by atoms with Crippen molar-refractivity contribution in [3.05, 3.63) is 110 Å². The Bertz CT molecular complexity index is 1490. The number of amides is 2. The molecule has 1 heterocycles. The predicted molar refractivity (Wildman–Crippen MR) is 154 cm³/mol. The molecule has 11 heteroatoms. The number of rotatable bonds is 8. The van der Waals surface area contributed by atoms with E-state index in [0.717, 1.165) is 23.9 Å². The molecule has 0 aliphatic carbocycles. The normalized spacial score (nSPS) is 15.2. The van der Waals surface area contributed by atoms with Gasteiger partial charge in [-0.1, -0.05) is 64.8 Å². The van der Waals surface area contributed by atoms with Gasteiger partial charge in [0, 0.05) is 32.8 Å². The zero-order chi connectivity index (χ0) is 28.1. The van der Waals surface area contributed by atoms with Crippen LogP contribution in [0.25, 0.3) is 0 Å². The molecular formula is C28H21Cl3N2O5S. The quantitative estimate of drug-likeness (QED) is 0.206. The van der Waals surface area contributed by atoms with Gasteiger partial charge in [-0.3, -0.25) is 14.5 Å². The van der Waals surface area contributed by atoms with E-state index in [2.05, 4.69) is 5.32 Å². The van der Waals surface area contributed by atoms with Crippen LogP contribution < -0.4 is 10.2 Å². The molecule has 39 heavy (non-hydrogen) atoms. The van der Waals surface area contributed by atoms with Crippen molar-refractivity contribution in [2.45, 2.75) is 17.9 Å². The summed E-state index contributed by atoms with van der Waals surface area (Å²) >= 11 is 19.7. The number of esters is 1. The number of thioether (sulfide) groups is 1. The van der Waals surface area contributed by atoms with E-state index in [1.165, 1.54) is 4.90 Å². The summed E-state index contributed by atoms with van der Waals surface area (Å²) in [6.45, 7) is 1.85. The molecule has 0 fully saturated rings. The van der Waals surface area contributed by atoms with E-state index in [9.17, 15) is 19.5 Å². The van der Waals surface area contributed by atoms with Crippen molar-refractivity contribution in [2.75, 3.05) is 16.8 Å². The zero-order valence-electron chi connectivity index (χ0n) is 20.4. The lowest BCUT2D eigenvalue weighted by atomic mass is 10.1. The molecule has 1 atom stereocenters. The zero-order valence-corrected chi connectivity index (χ0v) is 23.4. The summed E-state index contributed by atoms with van der Waals surface area (Å²) in [6, 6.07) is 17.9. The maximum atomic E-state index is 13.3. The highest BCUT2D eigenvalue weighted by molar-refractivity contribution is 8.03. The molecule has 7 nitrogen and oxygen atoms in total. The third-order valence-electron chi connectivity index (χ3n) is 5.51. The lowest BCUT2D eigenvalue weighted by Crippen LogP contribution is -2.30. The number of nitrogens with zero attached hydrogens (tertiary/aromatic N) is 1. The van der Waals surface area contributed by atoms with Gasteiger partial charge in [0.15, 0.2) is 5.76 Å². The maximum Gasteiger partial charge on any atom is 0.330 e. The number of nitrogens with one attached hydrogen (secondary N) is 1. The fourth-order valence-electron chi connectivity index (χ4n) is 3.82. The molecule has 1 aliphatic heterocycles. The molecule has 4 rings (SSSR count). The van der Waals surface area contributed by atoms with Gasteiger partial charge in [-0.25, -0.2) is 4.79 Å². The van der Waals surface area contributed by atoms with Crippen LogP contribution in [0.4, 0.5) is 11.4 Å². The van der Waals surface area contributed by atoms with Crippen LogP contribution in [0.1, 0.15) is 18.5 Å². The Morgan fingerprint density at radius 3 is 2.46 bits per heavy atom. The average Bonchev–Trinajstić information content (AvgIpc) is 3.15. The number of hydrogen-bond acceptors (Lipinski definition) is 6. The van der Waals surface area contributed by atoms with E-state index < -0.39 is 29.6 Å². The van der Waals surface area contributed by atoms with Crippen LogP contribution in [0.15, 0.2) is 94.4 Å². The SMILES string of the molecule is CCOC(=O)C=CC(=O)Nc1cc(SC2=C(O)C(=O)N(c3cccc(Cl)c3)C2c2ccc(Cl)cc2)ccc1Cl. The number of hydrogen-bond donors (Lipinski definition) is 2. The highest BCUT2D eigenvalue weighted by Gasteiger charge is 2.42. The molecule has 0 radical (unpaired) electrons. The summed E-state index contributed by atoms with van der Waals surface area (Å²) in [5, 5.41) is 14.8. The van der Waals surface area contributed by atoms with Crippen LogP contribution in [-0.2, 0) is 19.1 Å². The van der Waals surface area contributed by atoms with Gasteiger partial charge in [0.25, 0.3) is 5.91 Å². The molecule has 200 valence electrons. The van der Waals surface area contributed by atoms with E-state index >= 15 is 0 Å². The van der Waals surface area contributed by atoms with Crippen molar-refractivity contribution in [1.29, 1.82) is 0 Å². The van der Waals surface area contributed by atoms with Gasteiger partial charge >= 0.3 is 5.97 Å². The van der Waals surface area contributed by atoms with Crippen LogP contribution in [-0.4, -0.2) is 29.5 Å². The molecule has 0 aromatic heterocycles. The van der Waals surface area contributed by atoms with Crippen molar-refractivity contribution < 1.29 is 24.2 Å². The van der Waals surface area contributed by atoms with E-state index in [0.29, 0.717) is 31.1 Å². The Hall–Kier alpha value is -3.43. The van der Waals surface area contributed by atoms with Crippen LogP contribution >= 0.6 is 46.6 Å². The standard InChI is InChI=1S/C28H21Cl3N2O5S/c1-2-38-24(35)13-12-23(34)32-22-15-20(10-11-21(22)31)39-27-25(16-6-8-17(29)9-7-16)33(28(37)26(27)36)19-5-3-4-18(30)14-19/h3-15,25,36H,2H2,1H3,(H,32,34). The predicted octanol–water partition coefficient (Wildman–Crippen LogP) is 7.35. The smallest absolute Gasteiger partial charge is 0.330 e. The Morgan fingerprint density at radius 1 is 1.03 bits per heavy atom. The Labute approximate surface area is 244 Å². The third kappa shape index (κ3) is 6.78. The first-order valence-electron chi connectivity index (χ1n) is 11.6. The third-order valence-corrected chi connectivity index (χ3v) is 7.46. The van der Waals surface area contributed by atoms with E-state index in [1.54, 1.807) is 73.7 Å². The van der Waals surface area contributed by atoms with Crippen molar-refractivity contribution in [1.82, 2.24) is 0 Å². The molecule has 2 amide bonds. The molecule has 3 aromatic carbocycles. The number of carbonyl (C=O) groups excluding carboxylic acids is 3. The topological polar surface area (TPSA) is 95.9 Å². The average molecular weight is 604 g/mol. The van der Waals surface area contributed by atoms with Crippen molar-refractivity contribution >= 4 is 75.7 Å². The van der Waals surface area contributed by atoms with Crippen LogP contribution in [0.2, 0.25) is 15.1 Å². The lowest BCUT2D eigenvalue weighted by molar-refractivity contribution is -0.137. The van der Waals surface area contributed by atoms with Gasteiger partial charge in [0.05, 0.1) is 28.3 Å². The first-order chi connectivity index (χ1) is 18.7. The summed E-state index contributed by atoms with van der Waals surface area (Å²) < 4.78 is 4.77. The Kier molecular flexibility index (Phi) is 9.24. The minimum atomic E-state index is -0.681. The fourth-order valence-corrected chi connectivity index (χ4v) is 5.40. The van der Waals surface area contributed by atoms with Gasteiger partial charge in [0.1, 0.15) is 0 Å². The number of carbonyl (C=O) groups is 3. The number of anilines is 2. The second-order valence-corrected chi connectivity index (χ2v) is 10.5. The number of aliphatic hydroxyl groups is 1. The lowest BCUT2D eigenvalue weighted by Gasteiger charge is -2.27. The molecule has 0 bridgehead atoms. The summed E-state index contributed by atoms with van der Waals surface area (Å²) in [5.74, 6) is -2.24. The molecule has 2 N–H and O–H groups in total. The Morgan fingerprint density at radius 2 is 1.77 bits per heavy atom. The van der Waals surface area contributed by atoms with Crippen LogP contribution in [0, 0.1) is 0 Å². The molecule has 0 saturated heterocycles. The van der Waals surface area contributed by atoms with Gasteiger partial charge in [0.2, 0.25) is 5.91 Å². The highest BCUT2D eigenvalue weighted by Crippen LogP contribution is 2.48. The number of halogens is 3. The second kappa shape index (κ2) is 12.6. The van der Waals surface area contributed by atoms with Crippen LogP contribution in [0.3, 0.4) is 0 Å². The minimum absolute atomic E-state index is 0.187. The van der Waals surface area contributed by atoms with E-state index in [1.807, 2.05) is 0 Å². The largest absolute Gasteiger partial charge is 0.502 e. The maximum absolute atomic E-state index is 13.3.